The number of amides is 2. The van der Waals surface area contributed by atoms with Crippen molar-refractivity contribution < 1.29 is 14.3 Å². The number of carbonyl (C=O) groups is 2. The zero-order valence-corrected chi connectivity index (χ0v) is 13.9. The van der Waals surface area contributed by atoms with Gasteiger partial charge in [-0.2, -0.15) is 0 Å². The van der Waals surface area contributed by atoms with Crippen LogP contribution in [-0.4, -0.2) is 48.1 Å². The summed E-state index contributed by atoms with van der Waals surface area (Å²) in [5.74, 6) is -0.811. The lowest BCUT2D eigenvalue weighted by Gasteiger charge is -2.25. The molecule has 2 N–H and O–H groups in total. The maximum Gasteiger partial charge on any atom is 0.281 e. The van der Waals surface area contributed by atoms with Crippen LogP contribution in [0.4, 0.5) is 5.13 Å². The van der Waals surface area contributed by atoms with Crippen LogP contribution in [0.15, 0.2) is 24.5 Å². The molecule has 0 aromatic carbocycles. The van der Waals surface area contributed by atoms with Gasteiger partial charge in [-0.15, -0.1) is 0 Å². The molecule has 24 heavy (non-hydrogen) atoms. The van der Waals surface area contributed by atoms with Gasteiger partial charge in [0.2, 0.25) is 0 Å². The van der Waals surface area contributed by atoms with E-state index in [9.17, 15) is 9.59 Å². The van der Waals surface area contributed by atoms with E-state index < -0.39 is 5.91 Å². The summed E-state index contributed by atoms with van der Waals surface area (Å²) in [6.45, 7) is 4.60. The van der Waals surface area contributed by atoms with Crippen LogP contribution in [0, 0.1) is 6.92 Å². The number of hydrogen-bond donors (Lipinski definition) is 2. The number of carbonyl (C=O) groups excluding carboxylic acids is 2. The van der Waals surface area contributed by atoms with Gasteiger partial charge in [0.15, 0.2) is 5.13 Å². The molecular weight excluding hydrogens is 330 g/mol. The molecule has 1 fully saturated rings. The monoisotopic (exact) mass is 347 g/mol. The predicted molar refractivity (Wildman–Crippen MR) is 89.1 cm³/mol. The summed E-state index contributed by atoms with van der Waals surface area (Å²) in [6, 6.07) is 3.27. The summed E-state index contributed by atoms with van der Waals surface area (Å²) in [6.07, 6.45) is 3.00. The number of thiazole rings is 1. The number of ether oxygens (including phenoxy) is 1. The Hall–Kier alpha value is -2.52. The highest BCUT2D eigenvalue weighted by Gasteiger charge is 2.20. The van der Waals surface area contributed by atoms with Crippen LogP contribution in [0.3, 0.4) is 0 Å². The highest BCUT2D eigenvalue weighted by atomic mass is 32.1. The van der Waals surface area contributed by atoms with Crippen LogP contribution in [-0.2, 0) is 4.74 Å². The fourth-order valence-electron chi connectivity index (χ4n) is 2.22. The predicted octanol–water partition coefficient (Wildman–Crippen LogP) is 0.758. The Morgan fingerprint density at radius 1 is 1.25 bits per heavy atom. The number of pyridine rings is 1. The van der Waals surface area contributed by atoms with E-state index in [2.05, 4.69) is 25.7 Å². The van der Waals surface area contributed by atoms with Crippen molar-refractivity contribution in [1.29, 1.82) is 0 Å². The van der Waals surface area contributed by atoms with Gasteiger partial charge in [-0.05, 0) is 19.1 Å². The molecule has 3 heterocycles. The van der Waals surface area contributed by atoms with Crippen molar-refractivity contribution in [2.45, 2.75) is 6.92 Å². The molecule has 1 aliphatic rings. The van der Waals surface area contributed by atoms with Crippen molar-refractivity contribution >= 4 is 28.3 Å². The first-order valence-corrected chi connectivity index (χ1v) is 8.27. The third-order valence-electron chi connectivity index (χ3n) is 3.49. The van der Waals surface area contributed by atoms with Crippen molar-refractivity contribution in [3.63, 3.8) is 0 Å². The molecule has 3 rings (SSSR count). The Labute approximate surface area is 142 Å². The number of nitrogens with zero attached hydrogens (tertiary/aromatic N) is 3. The summed E-state index contributed by atoms with van der Waals surface area (Å²) in [5, 5.41) is 0.791. The molecule has 2 amide bonds. The van der Waals surface area contributed by atoms with Gasteiger partial charge >= 0.3 is 0 Å². The fraction of sp³-hybridized carbons (Fsp3) is 0.333. The lowest BCUT2D eigenvalue weighted by atomic mass is 10.3. The molecule has 1 saturated heterocycles. The van der Waals surface area contributed by atoms with Crippen LogP contribution in [0.1, 0.15) is 25.7 Å². The second kappa shape index (κ2) is 7.37. The van der Waals surface area contributed by atoms with Gasteiger partial charge in [0.25, 0.3) is 11.8 Å². The van der Waals surface area contributed by atoms with E-state index in [0.29, 0.717) is 29.3 Å². The summed E-state index contributed by atoms with van der Waals surface area (Å²) in [5.41, 5.74) is 5.80. The third kappa shape index (κ3) is 3.69. The molecule has 1 aliphatic heterocycles. The second-order valence-corrected chi connectivity index (χ2v) is 6.14. The van der Waals surface area contributed by atoms with Crippen molar-refractivity contribution in [3.8, 4) is 0 Å². The number of hydrogen-bond acceptors (Lipinski definition) is 7. The smallest absolute Gasteiger partial charge is 0.281 e. The molecule has 2 aromatic heterocycles. The van der Waals surface area contributed by atoms with Crippen LogP contribution in [0.5, 0.6) is 0 Å². The van der Waals surface area contributed by atoms with Gasteiger partial charge < -0.3 is 9.64 Å². The quantitative estimate of drug-likeness (QED) is 0.796. The first-order valence-electron chi connectivity index (χ1n) is 7.46. The number of aromatic nitrogens is 2. The molecule has 2 aromatic rings. The summed E-state index contributed by atoms with van der Waals surface area (Å²) < 4.78 is 5.32. The molecule has 0 atom stereocenters. The Morgan fingerprint density at radius 2 is 2.00 bits per heavy atom. The Kier molecular flexibility index (Phi) is 5.02. The molecule has 0 radical (unpaired) electrons. The highest BCUT2D eigenvalue weighted by Crippen LogP contribution is 2.26. The van der Waals surface area contributed by atoms with Gasteiger partial charge in [0, 0.05) is 25.5 Å². The van der Waals surface area contributed by atoms with Crippen LogP contribution >= 0.6 is 11.3 Å². The van der Waals surface area contributed by atoms with E-state index >= 15 is 0 Å². The maximum atomic E-state index is 12.3. The van der Waals surface area contributed by atoms with Crippen LogP contribution in [0.2, 0.25) is 0 Å². The minimum absolute atomic E-state index is 0.368. The summed E-state index contributed by atoms with van der Waals surface area (Å²) in [4.78, 5) is 35.1. The summed E-state index contributed by atoms with van der Waals surface area (Å²) >= 11 is 1.31. The first kappa shape index (κ1) is 16.3. The van der Waals surface area contributed by atoms with Crippen molar-refractivity contribution in [2.24, 2.45) is 0 Å². The highest BCUT2D eigenvalue weighted by molar-refractivity contribution is 7.17. The zero-order valence-electron chi connectivity index (χ0n) is 13.1. The zero-order chi connectivity index (χ0) is 16.9. The third-order valence-corrected chi connectivity index (χ3v) is 4.70. The van der Waals surface area contributed by atoms with Gasteiger partial charge in [-0.25, -0.2) is 4.98 Å². The van der Waals surface area contributed by atoms with Gasteiger partial charge in [-0.3, -0.25) is 25.4 Å². The van der Waals surface area contributed by atoms with Crippen molar-refractivity contribution in [2.75, 3.05) is 31.2 Å². The standard InChI is InChI=1S/C15H17N5O3S/c1-10-12(24-15(17-10)20-5-7-23-8-6-20)14(22)19-18-13(21)11-3-2-4-16-9-11/h2-4,9H,5-8H2,1H3,(H,18,21)(H,19,22). The minimum Gasteiger partial charge on any atom is -0.378 e. The number of hydrazine groups is 1. The number of anilines is 1. The van der Waals surface area contributed by atoms with Crippen LogP contribution < -0.4 is 15.8 Å². The van der Waals surface area contributed by atoms with E-state index in [1.165, 1.54) is 17.5 Å². The lowest BCUT2D eigenvalue weighted by molar-refractivity contribution is 0.0848. The molecule has 0 saturated carbocycles. The second-order valence-electron chi connectivity index (χ2n) is 5.16. The average Bonchev–Trinajstić information content (AvgIpc) is 3.03. The average molecular weight is 347 g/mol. The van der Waals surface area contributed by atoms with Gasteiger partial charge in [0.05, 0.1) is 24.5 Å². The van der Waals surface area contributed by atoms with Crippen LogP contribution in [0.25, 0.3) is 0 Å². The van der Waals surface area contributed by atoms with Gasteiger partial charge in [0.1, 0.15) is 4.88 Å². The lowest BCUT2D eigenvalue weighted by Crippen LogP contribution is -2.41. The molecule has 0 spiro atoms. The number of aryl methyl sites for hydroxylation is 1. The minimum atomic E-state index is -0.424. The molecule has 126 valence electrons. The van der Waals surface area contributed by atoms with Crippen molar-refractivity contribution in [3.05, 3.63) is 40.7 Å². The number of morpholine rings is 1. The molecule has 0 unspecified atom stereocenters. The molecule has 8 nitrogen and oxygen atoms in total. The Morgan fingerprint density at radius 3 is 2.71 bits per heavy atom. The first-order chi connectivity index (χ1) is 11.6. The Balaban J connectivity index is 1.62. The normalized spacial score (nSPS) is 14.3. The topological polar surface area (TPSA) is 96.5 Å². The maximum absolute atomic E-state index is 12.3. The molecule has 0 bridgehead atoms. The summed E-state index contributed by atoms with van der Waals surface area (Å²) in [7, 11) is 0. The van der Waals surface area contributed by atoms with Crippen molar-refractivity contribution in [1.82, 2.24) is 20.8 Å². The molecular formula is C15H17N5O3S. The SMILES string of the molecule is Cc1nc(N2CCOCC2)sc1C(=O)NNC(=O)c1cccnc1. The number of rotatable bonds is 3. The van der Waals surface area contributed by atoms with Gasteiger partial charge in [-0.1, -0.05) is 11.3 Å². The van der Waals surface area contributed by atoms with E-state index in [1.807, 2.05) is 0 Å². The number of nitrogens with one attached hydrogen (secondary N) is 2. The molecule has 0 aliphatic carbocycles. The fourth-order valence-corrected chi connectivity index (χ4v) is 3.24. The van der Waals surface area contributed by atoms with E-state index in [0.717, 1.165) is 18.2 Å². The Bertz CT molecular complexity index is 728. The van der Waals surface area contributed by atoms with E-state index in [1.54, 1.807) is 25.3 Å². The molecule has 9 heteroatoms. The van der Waals surface area contributed by atoms with E-state index in [4.69, 9.17) is 4.74 Å². The van der Waals surface area contributed by atoms with E-state index in [-0.39, 0.29) is 5.91 Å². The largest absolute Gasteiger partial charge is 0.378 e.